The zero-order valence-electron chi connectivity index (χ0n) is 25.3. The van der Waals surface area contributed by atoms with Crippen molar-refractivity contribution >= 4 is 11.9 Å². The normalized spacial score (nSPS) is 18.7. The molecule has 0 aliphatic carbocycles. The van der Waals surface area contributed by atoms with Gasteiger partial charge in [-0.25, -0.2) is 4.79 Å². The summed E-state index contributed by atoms with van der Waals surface area (Å²) in [5.41, 5.74) is 1.02. The maximum absolute atomic E-state index is 13.4. The maximum Gasteiger partial charge on any atom is 0.490 e. The van der Waals surface area contributed by atoms with E-state index in [1.54, 1.807) is 4.90 Å². The molecule has 4 rings (SSSR count). The minimum absolute atomic E-state index is 0.0376. The first-order valence-electron chi connectivity index (χ1n) is 15.2. The maximum atomic E-state index is 13.4. The van der Waals surface area contributed by atoms with Gasteiger partial charge in [-0.1, -0.05) is 57.5 Å². The Labute approximate surface area is 252 Å². The van der Waals surface area contributed by atoms with Crippen molar-refractivity contribution < 1.29 is 37.0 Å². The van der Waals surface area contributed by atoms with Crippen LogP contribution in [0.15, 0.2) is 48.5 Å². The van der Waals surface area contributed by atoms with Gasteiger partial charge in [0.15, 0.2) is 6.23 Å². The van der Waals surface area contributed by atoms with Gasteiger partial charge in [-0.2, -0.15) is 13.2 Å². The molecular weight excluding hydrogens is 561 g/mol. The molecule has 1 atom stereocenters. The standard InChI is InChI=1S/C33H43F3N2O5/c1-4-5-20-41-27-12-10-25(11-13-27)21-29(39)37-17-14-32(15-18-37)16-19-38(30(32)43-31(40)33(34,35)36)22-26-8-6-7-9-28(26)42-23-24(2)3/h6-13,24,30H,4-5,14-23H2,1-3H3. The second-order valence-corrected chi connectivity index (χ2v) is 12.1. The highest BCUT2D eigenvalue weighted by Crippen LogP contribution is 2.47. The summed E-state index contributed by atoms with van der Waals surface area (Å²) in [6.07, 6.45) is -2.44. The largest absolute Gasteiger partial charge is 0.494 e. The fourth-order valence-corrected chi connectivity index (χ4v) is 5.80. The van der Waals surface area contributed by atoms with E-state index in [1.807, 2.05) is 67.3 Å². The van der Waals surface area contributed by atoms with Crippen LogP contribution >= 0.6 is 0 Å². The average Bonchev–Trinajstić information content (AvgIpc) is 3.29. The smallest absolute Gasteiger partial charge is 0.490 e. The molecule has 1 spiro atoms. The fraction of sp³-hybridized carbons (Fsp3) is 0.576. The molecule has 1 amide bonds. The van der Waals surface area contributed by atoms with Crippen molar-refractivity contribution in [2.45, 2.75) is 78.2 Å². The van der Waals surface area contributed by atoms with Crippen molar-refractivity contribution in [1.29, 1.82) is 0 Å². The van der Waals surface area contributed by atoms with E-state index in [1.165, 1.54) is 0 Å². The first-order valence-corrected chi connectivity index (χ1v) is 15.2. The number of halogens is 3. The number of para-hydroxylation sites is 1. The van der Waals surface area contributed by atoms with Crippen LogP contribution in [0.5, 0.6) is 11.5 Å². The van der Waals surface area contributed by atoms with Gasteiger partial charge >= 0.3 is 12.1 Å². The van der Waals surface area contributed by atoms with E-state index in [9.17, 15) is 22.8 Å². The molecule has 10 heteroatoms. The van der Waals surface area contributed by atoms with Crippen molar-refractivity contribution in [2.75, 3.05) is 32.8 Å². The monoisotopic (exact) mass is 604 g/mol. The van der Waals surface area contributed by atoms with Gasteiger partial charge in [0.1, 0.15) is 11.5 Å². The van der Waals surface area contributed by atoms with Gasteiger partial charge in [-0.3, -0.25) is 9.69 Å². The Morgan fingerprint density at radius 3 is 2.30 bits per heavy atom. The van der Waals surface area contributed by atoms with E-state index in [4.69, 9.17) is 14.2 Å². The molecule has 2 heterocycles. The number of ether oxygens (including phenoxy) is 3. The average molecular weight is 605 g/mol. The molecule has 2 aliphatic rings. The van der Waals surface area contributed by atoms with Gasteiger partial charge in [0.05, 0.1) is 19.6 Å². The van der Waals surface area contributed by atoms with Crippen LogP contribution in [0, 0.1) is 11.3 Å². The topological polar surface area (TPSA) is 68.3 Å². The van der Waals surface area contributed by atoms with Crippen molar-refractivity contribution in [3.63, 3.8) is 0 Å². The summed E-state index contributed by atoms with van der Waals surface area (Å²) in [5.74, 6) is -0.485. The summed E-state index contributed by atoms with van der Waals surface area (Å²) in [6, 6.07) is 14.9. The molecule has 0 N–H and O–H groups in total. The number of hydrogen-bond acceptors (Lipinski definition) is 6. The van der Waals surface area contributed by atoms with Crippen LogP contribution in [0.2, 0.25) is 0 Å². The van der Waals surface area contributed by atoms with Crippen LogP contribution in [-0.2, 0) is 27.3 Å². The van der Waals surface area contributed by atoms with Crippen molar-refractivity contribution in [2.24, 2.45) is 11.3 Å². The number of carbonyl (C=O) groups excluding carboxylic acids is 2. The van der Waals surface area contributed by atoms with E-state index in [0.717, 1.165) is 29.7 Å². The van der Waals surface area contributed by atoms with Crippen LogP contribution in [0.3, 0.4) is 0 Å². The summed E-state index contributed by atoms with van der Waals surface area (Å²) < 4.78 is 57.0. The minimum Gasteiger partial charge on any atom is -0.494 e. The molecule has 2 aromatic rings. The molecule has 7 nitrogen and oxygen atoms in total. The molecular formula is C33H43F3N2O5. The number of carbonyl (C=O) groups is 2. The van der Waals surface area contributed by atoms with E-state index in [-0.39, 0.29) is 18.9 Å². The predicted octanol–water partition coefficient (Wildman–Crippen LogP) is 6.39. The van der Waals surface area contributed by atoms with Crippen LogP contribution < -0.4 is 9.47 Å². The van der Waals surface area contributed by atoms with Crippen LogP contribution in [-0.4, -0.2) is 66.9 Å². The lowest BCUT2D eigenvalue weighted by atomic mass is 9.76. The third kappa shape index (κ3) is 8.65. The Kier molecular flexibility index (Phi) is 11.0. The number of hydrogen-bond donors (Lipinski definition) is 0. The molecule has 0 bridgehead atoms. The SMILES string of the molecule is CCCCOc1ccc(CC(=O)N2CCC3(CC2)CCN(Cc2ccccc2OCC(C)C)C3OC(=O)C(F)(F)F)cc1. The first-order chi connectivity index (χ1) is 20.5. The number of unbranched alkanes of at least 4 members (excludes halogenated alkanes) is 1. The minimum atomic E-state index is -5.10. The van der Waals surface area contributed by atoms with Gasteiger partial charge in [-0.15, -0.1) is 0 Å². The molecule has 2 fully saturated rings. The second kappa shape index (κ2) is 14.5. The number of alkyl halides is 3. The lowest BCUT2D eigenvalue weighted by molar-refractivity contribution is -0.220. The number of amides is 1. The highest BCUT2D eigenvalue weighted by Gasteiger charge is 2.54. The van der Waals surface area contributed by atoms with Gasteiger partial charge in [0.2, 0.25) is 5.91 Å². The molecule has 0 radical (unpaired) electrons. The van der Waals surface area contributed by atoms with E-state index >= 15 is 0 Å². The fourth-order valence-electron chi connectivity index (χ4n) is 5.80. The Morgan fingerprint density at radius 2 is 1.65 bits per heavy atom. The van der Waals surface area contributed by atoms with Gasteiger partial charge < -0.3 is 19.1 Å². The molecule has 236 valence electrons. The molecule has 43 heavy (non-hydrogen) atoms. The third-order valence-corrected chi connectivity index (χ3v) is 8.28. The molecule has 1 unspecified atom stereocenters. The number of nitrogens with zero attached hydrogens (tertiary/aromatic N) is 2. The van der Waals surface area contributed by atoms with Crippen LogP contribution in [0.1, 0.15) is 64.0 Å². The Bertz CT molecular complexity index is 1210. The predicted molar refractivity (Wildman–Crippen MR) is 157 cm³/mol. The molecule has 2 aliphatic heterocycles. The van der Waals surface area contributed by atoms with Gasteiger partial charge in [-0.05, 0) is 55.4 Å². The number of rotatable bonds is 12. The number of likely N-dealkylation sites (tertiary alicyclic amines) is 2. The summed E-state index contributed by atoms with van der Waals surface area (Å²) in [7, 11) is 0. The Balaban J connectivity index is 1.42. The molecule has 0 aromatic heterocycles. The highest BCUT2D eigenvalue weighted by molar-refractivity contribution is 5.79. The lowest BCUT2D eigenvalue weighted by Crippen LogP contribution is -2.51. The van der Waals surface area contributed by atoms with E-state index in [2.05, 4.69) is 6.92 Å². The zero-order chi connectivity index (χ0) is 31.0. The third-order valence-electron chi connectivity index (χ3n) is 8.28. The first kappa shape index (κ1) is 32.6. The summed E-state index contributed by atoms with van der Waals surface area (Å²) in [6.45, 7) is 8.86. The van der Waals surface area contributed by atoms with E-state index < -0.39 is 23.8 Å². The Morgan fingerprint density at radius 1 is 0.977 bits per heavy atom. The second-order valence-electron chi connectivity index (χ2n) is 12.1. The Hall–Kier alpha value is -3.27. The number of piperidine rings is 1. The van der Waals surface area contributed by atoms with Gasteiger partial charge in [0.25, 0.3) is 0 Å². The highest BCUT2D eigenvalue weighted by atomic mass is 19.4. The van der Waals surface area contributed by atoms with E-state index in [0.29, 0.717) is 63.8 Å². The summed E-state index contributed by atoms with van der Waals surface area (Å²) >= 11 is 0. The molecule has 0 saturated carbocycles. The quantitative estimate of drug-likeness (QED) is 0.207. The number of benzene rings is 2. The molecule has 2 saturated heterocycles. The van der Waals surface area contributed by atoms with Crippen LogP contribution in [0.25, 0.3) is 0 Å². The van der Waals surface area contributed by atoms with Crippen molar-refractivity contribution in [1.82, 2.24) is 9.80 Å². The zero-order valence-corrected chi connectivity index (χ0v) is 25.3. The summed E-state index contributed by atoms with van der Waals surface area (Å²) in [4.78, 5) is 28.8. The molecule has 2 aromatic carbocycles. The van der Waals surface area contributed by atoms with Crippen molar-refractivity contribution in [3.05, 3.63) is 59.7 Å². The van der Waals surface area contributed by atoms with Crippen molar-refractivity contribution in [3.8, 4) is 11.5 Å². The summed E-state index contributed by atoms with van der Waals surface area (Å²) in [5, 5.41) is 0. The van der Waals surface area contributed by atoms with Gasteiger partial charge in [0, 0.05) is 37.2 Å². The lowest BCUT2D eigenvalue weighted by Gasteiger charge is -2.43. The van der Waals surface area contributed by atoms with Crippen LogP contribution in [0.4, 0.5) is 13.2 Å². The number of esters is 1.